The van der Waals surface area contributed by atoms with Crippen molar-refractivity contribution in [1.29, 1.82) is 0 Å². The summed E-state index contributed by atoms with van der Waals surface area (Å²) >= 11 is 0. The molecule has 116 valence electrons. The molecule has 0 radical (unpaired) electrons. The van der Waals surface area contributed by atoms with Crippen LogP contribution in [0.2, 0.25) is 0 Å². The molecular weight excluding hydrogens is 266 g/mol. The Labute approximate surface area is 126 Å². The van der Waals surface area contributed by atoms with Gasteiger partial charge in [0.1, 0.15) is 5.66 Å². The van der Waals surface area contributed by atoms with E-state index in [1.165, 1.54) is 0 Å². The van der Waals surface area contributed by atoms with Gasteiger partial charge in [0.15, 0.2) is 0 Å². The Bertz CT molecular complexity index is 488. The first-order valence-corrected chi connectivity index (χ1v) is 7.70. The smallest absolute Gasteiger partial charge is 0.305 e. The van der Waals surface area contributed by atoms with Gasteiger partial charge in [0.25, 0.3) is 0 Å². The molecule has 0 aromatic carbocycles. The zero-order valence-electron chi connectivity index (χ0n) is 13.2. The van der Waals surface area contributed by atoms with Crippen LogP contribution < -0.4 is 10.2 Å². The summed E-state index contributed by atoms with van der Waals surface area (Å²) in [5, 5.41) is 3.51. The van der Waals surface area contributed by atoms with Crippen molar-refractivity contribution in [3.05, 3.63) is 18.5 Å². The number of rotatable bonds is 7. The number of esters is 1. The Kier molecular flexibility index (Phi) is 5.04. The maximum atomic E-state index is 11.3. The van der Waals surface area contributed by atoms with Gasteiger partial charge in [-0.25, -0.2) is 0 Å². The first kappa shape index (κ1) is 15.6. The quantitative estimate of drug-likeness (QED) is 0.617. The highest BCUT2D eigenvalue weighted by Gasteiger charge is 2.34. The van der Waals surface area contributed by atoms with Gasteiger partial charge in [-0.3, -0.25) is 9.78 Å². The van der Waals surface area contributed by atoms with Crippen molar-refractivity contribution in [2.24, 2.45) is 0 Å². The summed E-state index contributed by atoms with van der Waals surface area (Å²) in [5.41, 5.74) is 2.21. The Balaban J connectivity index is 1.79. The highest BCUT2D eigenvalue weighted by molar-refractivity contribution is 5.76. The largest absolute Gasteiger partial charge is 0.466 e. The van der Waals surface area contributed by atoms with Crippen molar-refractivity contribution in [2.75, 3.05) is 23.4 Å². The molecule has 0 amide bonds. The number of pyridine rings is 1. The molecule has 1 aliphatic rings. The predicted molar refractivity (Wildman–Crippen MR) is 84.4 cm³/mol. The molecule has 0 saturated carbocycles. The van der Waals surface area contributed by atoms with Gasteiger partial charge in [0.05, 0.1) is 24.2 Å². The van der Waals surface area contributed by atoms with Crippen molar-refractivity contribution in [1.82, 2.24) is 4.98 Å². The zero-order valence-corrected chi connectivity index (χ0v) is 13.2. The SMILES string of the molecule is CCOC(=O)CCCCCN1c2cnccc2NC1(C)C. The van der Waals surface area contributed by atoms with E-state index in [0.717, 1.165) is 37.2 Å². The first-order chi connectivity index (χ1) is 10.0. The normalized spacial score (nSPS) is 15.5. The molecule has 2 rings (SSSR count). The van der Waals surface area contributed by atoms with Crippen molar-refractivity contribution in [3.63, 3.8) is 0 Å². The van der Waals surface area contributed by atoms with Gasteiger partial charge in [-0.05, 0) is 39.7 Å². The van der Waals surface area contributed by atoms with E-state index in [0.29, 0.717) is 13.0 Å². The number of unbranched alkanes of at least 4 members (excludes halogenated alkanes) is 2. The average Bonchev–Trinajstić information content (AvgIpc) is 2.69. The number of nitrogens with zero attached hydrogens (tertiary/aromatic N) is 2. The summed E-state index contributed by atoms with van der Waals surface area (Å²) in [5.74, 6) is -0.0878. The fraction of sp³-hybridized carbons (Fsp3) is 0.625. The lowest BCUT2D eigenvalue weighted by Gasteiger charge is -2.33. The molecule has 0 fully saturated rings. The second-order valence-corrected chi connectivity index (χ2v) is 5.84. The molecule has 1 aliphatic heterocycles. The highest BCUT2D eigenvalue weighted by Crippen LogP contribution is 2.38. The summed E-state index contributed by atoms with van der Waals surface area (Å²) in [6, 6.07) is 2.01. The molecular formula is C16H25N3O2. The van der Waals surface area contributed by atoms with Crippen LogP contribution in [-0.4, -0.2) is 29.8 Å². The number of fused-ring (bicyclic) bond motifs is 1. The van der Waals surface area contributed by atoms with E-state index in [2.05, 4.69) is 29.0 Å². The van der Waals surface area contributed by atoms with E-state index in [1.807, 2.05) is 25.4 Å². The van der Waals surface area contributed by atoms with Crippen molar-refractivity contribution < 1.29 is 9.53 Å². The number of nitrogens with one attached hydrogen (secondary N) is 1. The maximum Gasteiger partial charge on any atom is 0.305 e. The lowest BCUT2D eigenvalue weighted by Crippen LogP contribution is -2.45. The number of hydrogen-bond acceptors (Lipinski definition) is 5. The van der Waals surface area contributed by atoms with E-state index in [1.54, 1.807) is 0 Å². The number of ether oxygens (including phenoxy) is 1. The summed E-state index contributed by atoms with van der Waals surface area (Å²) in [4.78, 5) is 17.8. The Morgan fingerprint density at radius 3 is 2.95 bits per heavy atom. The topological polar surface area (TPSA) is 54.5 Å². The van der Waals surface area contributed by atoms with Gasteiger partial charge in [-0.1, -0.05) is 6.42 Å². The van der Waals surface area contributed by atoms with E-state index in [-0.39, 0.29) is 11.6 Å². The molecule has 0 atom stereocenters. The van der Waals surface area contributed by atoms with Crippen LogP contribution in [0.15, 0.2) is 18.5 Å². The van der Waals surface area contributed by atoms with Crippen molar-refractivity contribution in [3.8, 4) is 0 Å². The minimum atomic E-state index is -0.0908. The van der Waals surface area contributed by atoms with Crippen LogP contribution in [-0.2, 0) is 9.53 Å². The minimum Gasteiger partial charge on any atom is -0.466 e. The van der Waals surface area contributed by atoms with Crippen LogP contribution >= 0.6 is 0 Å². The Morgan fingerprint density at radius 2 is 2.19 bits per heavy atom. The third-order valence-electron chi connectivity index (χ3n) is 3.77. The van der Waals surface area contributed by atoms with Crippen LogP contribution in [0.4, 0.5) is 11.4 Å². The molecule has 1 aromatic rings. The van der Waals surface area contributed by atoms with Crippen molar-refractivity contribution in [2.45, 2.75) is 52.1 Å². The Hall–Kier alpha value is -1.78. The van der Waals surface area contributed by atoms with E-state index < -0.39 is 0 Å². The molecule has 0 unspecified atom stereocenters. The van der Waals surface area contributed by atoms with Gasteiger partial charge in [-0.15, -0.1) is 0 Å². The summed E-state index contributed by atoms with van der Waals surface area (Å²) in [6.45, 7) is 7.61. The lowest BCUT2D eigenvalue weighted by atomic mass is 10.1. The molecule has 5 heteroatoms. The van der Waals surface area contributed by atoms with Crippen LogP contribution in [0.25, 0.3) is 0 Å². The minimum absolute atomic E-state index is 0.0878. The van der Waals surface area contributed by atoms with Crippen LogP contribution in [0.1, 0.15) is 46.5 Å². The number of aromatic nitrogens is 1. The third-order valence-corrected chi connectivity index (χ3v) is 3.77. The molecule has 1 aromatic heterocycles. The van der Waals surface area contributed by atoms with E-state index in [9.17, 15) is 4.79 Å². The summed E-state index contributed by atoms with van der Waals surface area (Å²) in [6.07, 6.45) is 7.22. The van der Waals surface area contributed by atoms with Gasteiger partial charge in [-0.2, -0.15) is 0 Å². The van der Waals surface area contributed by atoms with Gasteiger partial charge in [0.2, 0.25) is 0 Å². The highest BCUT2D eigenvalue weighted by atomic mass is 16.5. The van der Waals surface area contributed by atoms with E-state index >= 15 is 0 Å². The summed E-state index contributed by atoms with van der Waals surface area (Å²) in [7, 11) is 0. The number of anilines is 2. The molecule has 5 nitrogen and oxygen atoms in total. The fourth-order valence-corrected chi connectivity index (χ4v) is 2.75. The number of carbonyl (C=O) groups excluding carboxylic acids is 1. The van der Waals surface area contributed by atoms with Crippen LogP contribution in [0.5, 0.6) is 0 Å². The lowest BCUT2D eigenvalue weighted by molar-refractivity contribution is -0.143. The molecule has 0 bridgehead atoms. The first-order valence-electron chi connectivity index (χ1n) is 7.70. The number of hydrogen-bond donors (Lipinski definition) is 1. The van der Waals surface area contributed by atoms with Crippen LogP contribution in [0.3, 0.4) is 0 Å². The van der Waals surface area contributed by atoms with E-state index in [4.69, 9.17) is 4.74 Å². The predicted octanol–water partition coefficient (Wildman–Crippen LogP) is 3.17. The molecule has 21 heavy (non-hydrogen) atoms. The second kappa shape index (κ2) is 6.78. The summed E-state index contributed by atoms with van der Waals surface area (Å²) < 4.78 is 4.93. The van der Waals surface area contributed by atoms with Crippen LogP contribution in [0, 0.1) is 0 Å². The monoisotopic (exact) mass is 291 g/mol. The van der Waals surface area contributed by atoms with Gasteiger partial charge in [0, 0.05) is 19.2 Å². The zero-order chi connectivity index (χ0) is 15.3. The molecule has 0 spiro atoms. The van der Waals surface area contributed by atoms with Crippen molar-refractivity contribution >= 4 is 17.3 Å². The fourth-order valence-electron chi connectivity index (χ4n) is 2.75. The second-order valence-electron chi connectivity index (χ2n) is 5.84. The molecule has 0 saturated heterocycles. The average molecular weight is 291 g/mol. The van der Waals surface area contributed by atoms with Gasteiger partial charge < -0.3 is 15.0 Å². The molecule has 0 aliphatic carbocycles. The standard InChI is InChI=1S/C16H25N3O2/c1-4-21-15(20)8-6-5-7-11-19-14-12-17-10-9-13(14)18-16(19,2)3/h9-10,12,18H,4-8,11H2,1-3H3. The maximum absolute atomic E-state index is 11.3. The number of carbonyl (C=O) groups is 1. The Morgan fingerprint density at radius 1 is 1.38 bits per heavy atom. The van der Waals surface area contributed by atoms with Gasteiger partial charge >= 0.3 is 5.97 Å². The third kappa shape index (κ3) is 3.86. The molecule has 1 N–H and O–H groups in total. The molecule has 2 heterocycles.